The first kappa shape index (κ1) is 15.7. The van der Waals surface area contributed by atoms with E-state index in [-0.39, 0.29) is 6.03 Å². The molecule has 0 unspecified atom stereocenters. The number of amides is 2. The van der Waals surface area contributed by atoms with Crippen molar-refractivity contribution in [1.29, 1.82) is 0 Å². The number of carbonyl (C=O) groups is 1. The zero-order chi connectivity index (χ0) is 16.8. The number of anilines is 1. The standard InChI is InChI=1S/C19H19N3O2/c1-24-18-9-7-15(8-10-18)14-20-19(23)21-16-5-4-6-17(13-16)22-11-2-3-12-22/h2-13H,14H2,1H3,(H2,20,21,23). The third-order valence-electron chi connectivity index (χ3n) is 3.62. The number of ether oxygens (including phenoxy) is 1. The van der Waals surface area contributed by atoms with Gasteiger partial charge < -0.3 is 19.9 Å². The van der Waals surface area contributed by atoms with E-state index in [1.807, 2.05) is 77.6 Å². The van der Waals surface area contributed by atoms with E-state index in [4.69, 9.17) is 4.74 Å². The van der Waals surface area contributed by atoms with E-state index >= 15 is 0 Å². The number of nitrogens with one attached hydrogen (secondary N) is 2. The lowest BCUT2D eigenvalue weighted by molar-refractivity contribution is 0.251. The minimum absolute atomic E-state index is 0.240. The first-order chi connectivity index (χ1) is 11.7. The molecule has 0 radical (unpaired) electrons. The summed E-state index contributed by atoms with van der Waals surface area (Å²) in [5, 5.41) is 5.69. The fourth-order valence-corrected chi connectivity index (χ4v) is 2.35. The Labute approximate surface area is 140 Å². The Hall–Kier alpha value is -3.21. The fourth-order valence-electron chi connectivity index (χ4n) is 2.35. The van der Waals surface area contributed by atoms with Gasteiger partial charge in [-0.1, -0.05) is 18.2 Å². The molecule has 24 heavy (non-hydrogen) atoms. The summed E-state index contributed by atoms with van der Waals surface area (Å²) in [6.07, 6.45) is 3.92. The van der Waals surface area contributed by atoms with Crippen LogP contribution in [0.4, 0.5) is 10.5 Å². The number of methoxy groups -OCH3 is 1. The minimum atomic E-state index is -0.240. The van der Waals surface area contributed by atoms with Crippen molar-refractivity contribution in [1.82, 2.24) is 9.88 Å². The van der Waals surface area contributed by atoms with Crippen LogP contribution in [0.5, 0.6) is 5.75 Å². The lowest BCUT2D eigenvalue weighted by Gasteiger charge is -2.10. The van der Waals surface area contributed by atoms with Gasteiger partial charge in [0.15, 0.2) is 0 Å². The fraction of sp³-hybridized carbons (Fsp3) is 0.105. The second kappa shape index (κ2) is 7.37. The maximum Gasteiger partial charge on any atom is 0.319 e. The van der Waals surface area contributed by atoms with E-state index in [1.54, 1.807) is 7.11 Å². The second-order valence-electron chi connectivity index (χ2n) is 5.30. The van der Waals surface area contributed by atoms with Gasteiger partial charge in [-0.25, -0.2) is 4.79 Å². The number of rotatable bonds is 5. The van der Waals surface area contributed by atoms with Crippen LogP contribution in [0.3, 0.4) is 0 Å². The molecule has 2 amide bonds. The Balaban J connectivity index is 1.57. The van der Waals surface area contributed by atoms with E-state index in [2.05, 4.69) is 10.6 Å². The van der Waals surface area contributed by atoms with E-state index in [1.165, 1.54) is 0 Å². The molecule has 0 saturated carbocycles. The van der Waals surface area contributed by atoms with Gasteiger partial charge in [0, 0.05) is 30.3 Å². The number of nitrogens with zero attached hydrogens (tertiary/aromatic N) is 1. The highest BCUT2D eigenvalue weighted by molar-refractivity contribution is 5.89. The lowest BCUT2D eigenvalue weighted by atomic mass is 10.2. The van der Waals surface area contributed by atoms with Crippen molar-refractivity contribution < 1.29 is 9.53 Å². The summed E-state index contributed by atoms with van der Waals surface area (Å²) in [6, 6.07) is 18.9. The maximum absolute atomic E-state index is 12.1. The van der Waals surface area contributed by atoms with Crippen LogP contribution < -0.4 is 15.4 Å². The predicted octanol–water partition coefficient (Wildman–Crippen LogP) is 3.81. The molecule has 0 saturated heterocycles. The molecule has 1 heterocycles. The largest absolute Gasteiger partial charge is 0.497 e. The summed E-state index contributed by atoms with van der Waals surface area (Å²) in [6.45, 7) is 0.452. The molecule has 0 atom stereocenters. The second-order valence-corrected chi connectivity index (χ2v) is 5.30. The Morgan fingerprint density at radius 2 is 1.79 bits per heavy atom. The van der Waals surface area contributed by atoms with Gasteiger partial charge >= 0.3 is 6.03 Å². The molecule has 3 rings (SSSR count). The first-order valence-corrected chi connectivity index (χ1v) is 7.66. The molecule has 5 nitrogen and oxygen atoms in total. The molecule has 0 fully saturated rings. The summed E-state index contributed by atoms with van der Waals surface area (Å²) in [4.78, 5) is 12.1. The van der Waals surface area contributed by atoms with Gasteiger partial charge in [-0.05, 0) is 48.0 Å². The van der Waals surface area contributed by atoms with Crippen LogP contribution in [0.1, 0.15) is 5.56 Å². The van der Waals surface area contributed by atoms with Crippen LogP contribution in [0, 0.1) is 0 Å². The average molecular weight is 321 g/mol. The Morgan fingerprint density at radius 3 is 2.50 bits per heavy atom. The molecule has 0 spiro atoms. The molecule has 0 aliphatic carbocycles. The molecule has 2 N–H and O–H groups in total. The van der Waals surface area contributed by atoms with Crippen molar-refractivity contribution in [3.8, 4) is 11.4 Å². The molecular weight excluding hydrogens is 302 g/mol. The van der Waals surface area contributed by atoms with Gasteiger partial charge in [-0.3, -0.25) is 0 Å². The molecule has 0 aliphatic heterocycles. The number of urea groups is 1. The van der Waals surface area contributed by atoms with E-state index < -0.39 is 0 Å². The maximum atomic E-state index is 12.1. The molecule has 122 valence electrons. The molecule has 3 aromatic rings. The van der Waals surface area contributed by atoms with E-state index in [0.717, 1.165) is 22.7 Å². The molecule has 0 aliphatic rings. The third kappa shape index (κ3) is 3.95. The molecule has 1 aromatic heterocycles. The van der Waals surface area contributed by atoms with Crippen LogP contribution in [0.25, 0.3) is 5.69 Å². The monoisotopic (exact) mass is 321 g/mol. The Bertz CT molecular complexity index is 796. The lowest BCUT2D eigenvalue weighted by Crippen LogP contribution is -2.28. The quantitative estimate of drug-likeness (QED) is 0.751. The number of benzene rings is 2. The van der Waals surface area contributed by atoms with Gasteiger partial charge in [0.1, 0.15) is 5.75 Å². The van der Waals surface area contributed by atoms with Gasteiger partial charge in [0.2, 0.25) is 0 Å². The summed E-state index contributed by atoms with van der Waals surface area (Å²) in [5.41, 5.74) is 2.74. The average Bonchev–Trinajstić information content (AvgIpc) is 3.15. The first-order valence-electron chi connectivity index (χ1n) is 7.66. The van der Waals surface area contributed by atoms with Crippen LogP contribution in [-0.2, 0) is 6.54 Å². The van der Waals surface area contributed by atoms with Gasteiger partial charge in [-0.2, -0.15) is 0 Å². The van der Waals surface area contributed by atoms with Gasteiger partial charge in [0.05, 0.1) is 7.11 Å². The zero-order valence-electron chi connectivity index (χ0n) is 13.4. The number of aromatic nitrogens is 1. The zero-order valence-corrected chi connectivity index (χ0v) is 13.4. The third-order valence-corrected chi connectivity index (χ3v) is 3.62. The summed E-state index contributed by atoms with van der Waals surface area (Å²) in [7, 11) is 1.63. The van der Waals surface area contributed by atoms with Crippen LogP contribution >= 0.6 is 0 Å². The normalized spacial score (nSPS) is 10.2. The van der Waals surface area contributed by atoms with Crippen molar-refractivity contribution >= 4 is 11.7 Å². The number of hydrogen-bond acceptors (Lipinski definition) is 2. The minimum Gasteiger partial charge on any atom is -0.497 e. The van der Waals surface area contributed by atoms with E-state index in [9.17, 15) is 4.79 Å². The van der Waals surface area contributed by atoms with Crippen molar-refractivity contribution in [2.75, 3.05) is 12.4 Å². The van der Waals surface area contributed by atoms with Crippen molar-refractivity contribution in [2.24, 2.45) is 0 Å². The molecule has 0 bridgehead atoms. The highest BCUT2D eigenvalue weighted by atomic mass is 16.5. The Kier molecular flexibility index (Phi) is 4.81. The van der Waals surface area contributed by atoms with Crippen molar-refractivity contribution in [3.05, 3.63) is 78.6 Å². The summed E-state index contributed by atoms with van der Waals surface area (Å²) >= 11 is 0. The van der Waals surface area contributed by atoms with E-state index in [0.29, 0.717) is 6.54 Å². The number of hydrogen-bond donors (Lipinski definition) is 2. The topological polar surface area (TPSA) is 55.3 Å². The van der Waals surface area contributed by atoms with Crippen molar-refractivity contribution in [3.63, 3.8) is 0 Å². The molecule has 5 heteroatoms. The van der Waals surface area contributed by atoms with Gasteiger partial charge in [-0.15, -0.1) is 0 Å². The highest BCUT2D eigenvalue weighted by Gasteiger charge is 2.03. The van der Waals surface area contributed by atoms with Crippen LogP contribution in [0.15, 0.2) is 73.1 Å². The van der Waals surface area contributed by atoms with Gasteiger partial charge in [0.25, 0.3) is 0 Å². The molecular formula is C19H19N3O2. The molecule has 2 aromatic carbocycles. The SMILES string of the molecule is COc1ccc(CNC(=O)Nc2cccc(-n3cccc3)c2)cc1. The number of carbonyl (C=O) groups excluding carboxylic acids is 1. The van der Waals surface area contributed by atoms with Crippen LogP contribution in [-0.4, -0.2) is 17.7 Å². The van der Waals surface area contributed by atoms with Crippen LogP contribution in [0.2, 0.25) is 0 Å². The highest BCUT2D eigenvalue weighted by Crippen LogP contribution is 2.15. The Morgan fingerprint density at radius 1 is 1.04 bits per heavy atom. The smallest absolute Gasteiger partial charge is 0.319 e. The summed E-state index contributed by atoms with van der Waals surface area (Å²) in [5.74, 6) is 0.796. The summed E-state index contributed by atoms with van der Waals surface area (Å²) < 4.78 is 7.10. The van der Waals surface area contributed by atoms with Crippen molar-refractivity contribution in [2.45, 2.75) is 6.54 Å². The predicted molar refractivity (Wildman–Crippen MR) is 94.6 cm³/mol.